The lowest BCUT2D eigenvalue weighted by molar-refractivity contribution is -0.000935. The average Bonchev–Trinajstić information content (AvgIpc) is 3.27. The number of hydrogen-bond acceptors (Lipinski definition) is 3. The van der Waals surface area contributed by atoms with E-state index >= 15 is 0 Å². The SMILES string of the molecule is CCC(CO)(CCCOC1CCC(C)(C)CC1)NC1CC1. The third-order valence-electron chi connectivity index (χ3n) is 5.51. The molecule has 3 nitrogen and oxygen atoms in total. The zero-order valence-electron chi connectivity index (χ0n) is 14.3. The molecule has 0 aromatic carbocycles. The first-order valence-corrected chi connectivity index (χ1v) is 8.99. The van der Waals surface area contributed by atoms with E-state index in [9.17, 15) is 5.11 Å². The highest BCUT2D eigenvalue weighted by atomic mass is 16.5. The van der Waals surface area contributed by atoms with Crippen molar-refractivity contribution >= 4 is 0 Å². The number of aliphatic hydroxyl groups excluding tert-OH is 1. The summed E-state index contributed by atoms with van der Waals surface area (Å²) in [6.45, 7) is 8.00. The van der Waals surface area contributed by atoms with Crippen molar-refractivity contribution < 1.29 is 9.84 Å². The van der Waals surface area contributed by atoms with E-state index in [1.165, 1.54) is 38.5 Å². The second-order valence-electron chi connectivity index (χ2n) is 8.05. The van der Waals surface area contributed by atoms with Crippen molar-refractivity contribution in [2.24, 2.45) is 5.41 Å². The van der Waals surface area contributed by atoms with Crippen molar-refractivity contribution in [2.45, 2.75) is 96.2 Å². The first-order chi connectivity index (χ1) is 9.99. The summed E-state index contributed by atoms with van der Waals surface area (Å²) in [4.78, 5) is 0. The van der Waals surface area contributed by atoms with Gasteiger partial charge in [0, 0.05) is 18.2 Å². The highest BCUT2D eigenvalue weighted by molar-refractivity contribution is 4.94. The van der Waals surface area contributed by atoms with Crippen LogP contribution in [0.5, 0.6) is 0 Å². The predicted molar refractivity (Wildman–Crippen MR) is 87.5 cm³/mol. The van der Waals surface area contributed by atoms with Crippen molar-refractivity contribution in [3.05, 3.63) is 0 Å². The van der Waals surface area contributed by atoms with Crippen LogP contribution in [0.3, 0.4) is 0 Å². The van der Waals surface area contributed by atoms with Gasteiger partial charge in [0.2, 0.25) is 0 Å². The van der Waals surface area contributed by atoms with Gasteiger partial charge in [-0.2, -0.15) is 0 Å². The van der Waals surface area contributed by atoms with Crippen LogP contribution in [-0.2, 0) is 4.74 Å². The monoisotopic (exact) mass is 297 g/mol. The molecule has 3 heteroatoms. The van der Waals surface area contributed by atoms with E-state index in [0.717, 1.165) is 25.9 Å². The Balaban J connectivity index is 1.63. The molecule has 21 heavy (non-hydrogen) atoms. The van der Waals surface area contributed by atoms with Gasteiger partial charge in [-0.1, -0.05) is 20.8 Å². The maximum absolute atomic E-state index is 9.76. The Morgan fingerprint density at radius 3 is 2.38 bits per heavy atom. The summed E-state index contributed by atoms with van der Waals surface area (Å²) in [5, 5.41) is 13.4. The van der Waals surface area contributed by atoms with Crippen molar-refractivity contribution in [3.8, 4) is 0 Å². The maximum atomic E-state index is 9.76. The molecular weight excluding hydrogens is 262 g/mol. The molecule has 0 heterocycles. The molecule has 124 valence electrons. The Labute approximate surface area is 130 Å². The summed E-state index contributed by atoms with van der Waals surface area (Å²) in [6.07, 6.45) is 11.1. The van der Waals surface area contributed by atoms with Crippen molar-refractivity contribution in [2.75, 3.05) is 13.2 Å². The van der Waals surface area contributed by atoms with Gasteiger partial charge in [0.05, 0.1) is 12.7 Å². The summed E-state index contributed by atoms with van der Waals surface area (Å²) in [5.74, 6) is 0. The normalized spacial score (nSPS) is 25.7. The molecule has 2 aliphatic carbocycles. The molecule has 1 unspecified atom stereocenters. The zero-order chi connectivity index (χ0) is 15.3. The third-order valence-corrected chi connectivity index (χ3v) is 5.51. The molecule has 0 bridgehead atoms. The molecule has 2 rings (SSSR count). The fourth-order valence-corrected chi connectivity index (χ4v) is 3.45. The lowest BCUT2D eigenvalue weighted by Gasteiger charge is -2.35. The fraction of sp³-hybridized carbons (Fsp3) is 1.00. The first kappa shape index (κ1) is 17.2. The lowest BCUT2D eigenvalue weighted by Crippen LogP contribution is -2.49. The second kappa shape index (κ2) is 7.43. The number of ether oxygens (including phenoxy) is 1. The molecule has 2 N–H and O–H groups in total. The first-order valence-electron chi connectivity index (χ1n) is 8.99. The Hall–Kier alpha value is -0.120. The van der Waals surface area contributed by atoms with Crippen molar-refractivity contribution in [1.82, 2.24) is 5.32 Å². The zero-order valence-corrected chi connectivity index (χ0v) is 14.3. The van der Waals surface area contributed by atoms with E-state index in [0.29, 0.717) is 17.6 Å². The van der Waals surface area contributed by atoms with Gasteiger partial charge in [-0.3, -0.25) is 0 Å². The van der Waals surface area contributed by atoms with Gasteiger partial charge in [-0.15, -0.1) is 0 Å². The van der Waals surface area contributed by atoms with E-state index in [-0.39, 0.29) is 12.1 Å². The minimum atomic E-state index is -0.0704. The average molecular weight is 297 g/mol. The molecule has 0 saturated heterocycles. The standard InChI is InChI=1S/C18H35NO2/c1-4-18(14-20,19-15-6-7-15)10-5-13-21-16-8-11-17(2,3)12-9-16/h15-16,19-20H,4-14H2,1-3H3. The summed E-state index contributed by atoms with van der Waals surface area (Å²) < 4.78 is 6.07. The van der Waals surface area contributed by atoms with E-state index in [2.05, 4.69) is 26.1 Å². The minimum Gasteiger partial charge on any atom is -0.394 e. The largest absolute Gasteiger partial charge is 0.394 e. The van der Waals surface area contributed by atoms with Crippen LogP contribution in [0.4, 0.5) is 0 Å². The Kier molecular flexibility index (Phi) is 6.10. The molecule has 2 saturated carbocycles. The number of hydrogen-bond donors (Lipinski definition) is 2. The lowest BCUT2D eigenvalue weighted by atomic mass is 9.76. The molecule has 0 aromatic rings. The molecule has 0 aromatic heterocycles. The van der Waals surface area contributed by atoms with Crippen LogP contribution in [0.15, 0.2) is 0 Å². The van der Waals surface area contributed by atoms with E-state index < -0.39 is 0 Å². The van der Waals surface area contributed by atoms with Crippen molar-refractivity contribution in [1.29, 1.82) is 0 Å². The van der Waals surface area contributed by atoms with Crippen LogP contribution in [0.1, 0.15) is 78.6 Å². The van der Waals surface area contributed by atoms with E-state index in [1.54, 1.807) is 0 Å². The fourth-order valence-electron chi connectivity index (χ4n) is 3.45. The van der Waals surface area contributed by atoms with Gasteiger partial charge in [-0.25, -0.2) is 0 Å². The molecule has 1 atom stereocenters. The molecule has 0 aliphatic heterocycles. The Morgan fingerprint density at radius 2 is 1.86 bits per heavy atom. The highest BCUT2D eigenvalue weighted by Gasteiger charge is 2.34. The van der Waals surface area contributed by atoms with Crippen LogP contribution in [0.25, 0.3) is 0 Å². The molecule has 0 spiro atoms. The predicted octanol–water partition coefficient (Wildman–Crippen LogP) is 3.65. The second-order valence-corrected chi connectivity index (χ2v) is 8.05. The Morgan fingerprint density at radius 1 is 1.19 bits per heavy atom. The molecule has 0 amide bonds. The molecular formula is C18H35NO2. The summed E-state index contributed by atoms with van der Waals surface area (Å²) in [6, 6.07) is 0.651. The van der Waals surface area contributed by atoms with Crippen LogP contribution >= 0.6 is 0 Å². The van der Waals surface area contributed by atoms with Crippen LogP contribution < -0.4 is 5.32 Å². The van der Waals surface area contributed by atoms with E-state index in [1.807, 2.05) is 0 Å². The summed E-state index contributed by atoms with van der Waals surface area (Å²) in [7, 11) is 0. The van der Waals surface area contributed by atoms with Gasteiger partial charge in [0.15, 0.2) is 0 Å². The molecule has 2 fully saturated rings. The van der Waals surface area contributed by atoms with Crippen LogP contribution in [-0.4, -0.2) is 36.0 Å². The number of nitrogens with one attached hydrogen (secondary N) is 1. The summed E-state index contributed by atoms with van der Waals surface area (Å²) in [5.41, 5.74) is 0.446. The van der Waals surface area contributed by atoms with Gasteiger partial charge in [0.25, 0.3) is 0 Å². The highest BCUT2D eigenvalue weighted by Crippen LogP contribution is 2.36. The van der Waals surface area contributed by atoms with Gasteiger partial charge in [0.1, 0.15) is 0 Å². The minimum absolute atomic E-state index is 0.0704. The van der Waals surface area contributed by atoms with Crippen LogP contribution in [0.2, 0.25) is 0 Å². The molecule has 0 radical (unpaired) electrons. The topological polar surface area (TPSA) is 41.5 Å². The van der Waals surface area contributed by atoms with Gasteiger partial charge in [-0.05, 0) is 63.2 Å². The quantitative estimate of drug-likeness (QED) is 0.638. The Bertz CT molecular complexity index is 298. The number of rotatable bonds is 9. The third kappa shape index (κ3) is 5.54. The van der Waals surface area contributed by atoms with E-state index in [4.69, 9.17) is 4.74 Å². The van der Waals surface area contributed by atoms with Crippen molar-refractivity contribution in [3.63, 3.8) is 0 Å². The maximum Gasteiger partial charge on any atom is 0.0613 e. The van der Waals surface area contributed by atoms with Crippen LogP contribution in [0, 0.1) is 5.41 Å². The molecule has 2 aliphatic rings. The smallest absolute Gasteiger partial charge is 0.0613 e. The van der Waals surface area contributed by atoms with Gasteiger partial charge >= 0.3 is 0 Å². The van der Waals surface area contributed by atoms with Gasteiger partial charge < -0.3 is 15.2 Å². The summed E-state index contributed by atoms with van der Waals surface area (Å²) >= 11 is 0. The number of aliphatic hydroxyl groups is 1.